The fourth-order valence-electron chi connectivity index (χ4n) is 2.57. The molecule has 0 unspecified atom stereocenters. The van der Waals surface area contributed by atoms with E-state index >= 15 is 0 Å². The van der Waals surface area contributed by atoms with Crippen LogP contribution in [0.4, 0.5) is 0 Å². The van der Waals surface area contributed by atoms with Crippen molar-refractivity contribution in [2.75, 3.05) is 14.2 Å². The maximum Gasteiger partial charge on any atom is 0.119 e. The normalized spacial score (nSPS) is 11.9. The van der Waals surface area contributed by atoms with Gasteiger partial charge in [0.25, 0.3) is 0 Å². The van der Waals surface area contributed by atoms with Crippen LogP contribution in [0, 0.1) is 0 Å². The third-order valence-corrected chi connectivity index (χ3v) is 3.95. The van der Waals surface area contributed by atoms with E-state index in [0.29, 0.717) is 4.24 Å². The van der Waals surface area contributed by atoms with E-state index in [0.717, 1.165) is 28.2 Å². The molecule has 102 valence electrons. The van der Waals surface area contributed by atoms with Gasteiger partial charge in [0.15, 0.2) is 0 Å². The van der Waals surface area contributed by atoms with Crippen molar-refractivity contribution < 1.29 is 9.47 Å². The standard InChI is InChI=1S/C16H14O2S2/c1-17-9-3-5-11-12-6-4-10(18-2)8-14(12)15(16(19)20)13(11)7-9/h3-8,19-20H,1-2H3. The zero-order chi connectivity index (χ0) is 14.3. The number of thiol groups is 2. The number of benzene rings is 2. The summed E-state index contributed by atoms with van der Waals surface area (Å²) in [6, 6.07) is 12.1. The van der Waals surface area contributed by atoms with Gasteiger partial charge in [0.05, 0.1) is 14.2 Å². The topological polar surface area (TPSA) is 18.5 Å². The molecule has 2 nitrogen and oxygen atoms in total. The van der Waals surface area contributed by atoms with Crippen molar-refractivity contribution >= 4 is 30.8 Å². The molecule has 0 saturated carbocycles. The van der Waals surface area contributed by atoms with E-state index in [9.17, 15) is 0 Å². The lowest BCUT2D eigenvalue weighted by Crippen LogP contribution is -1.87. The average molecular weight is 302 g/mol. The van der Waals surface area contributed by atoms with Gasteiger partial charge in [-0.15, -0.1) is 25.3 Å². The Labute approximate surface area is 129 Å². The molecule has 0 fully saturated rings. The van der Waals surface area contributed by atoms with Crippen LogP contribution in [0.3, 0.4) is 0 Å². The lowest BCUT2D eigenvalue weighted by Gasteiger charge is -2.07. The molecule has 0 saturated heterocycles. The molecule has 3 rings (SSSR count). The fraction of sp³-hybridized carbons (Fsp3) is 0.125. The fourth-order valence-corrected chi connectivity index (χ4v) is 3.05. The van der Waals surface area contributed by atoms with Crippen molar-refractivity contribution in [3.8, 4) is 22.6 Å². The highest BCUT2D eigenvalue weighted by molar-refractivity contribution is 8.05. The molecule has 0 bridgehead atoms. The predicted octanol–water partition coefficient (Wildman–Crippen LogP) is 4.26. The van der Waals surface area contributed by atoms with E-state index < -0.39 is 0 Å². The van der Waals surface area contributed by atoms with Crippen LogP contribution < -0.4 is 9.47 Å². The van der Waals surface area contributed by atoms with Gasteiger partial charge in [-0.25, -0.2) is 0 Å². The van der Waals surface area contributed by atoms with Gasteiger partial charge in [0.1, 0.15) is 11.5 Å². The van der Waals surface area contributed by atoms with Crippen molar-refractivity contribution in [3.05, 3.63) is 51.8 Å². The van der Waals surface area contributed by atoms with Crippen LogP contribution in [0.2, 0.25) is 0 Å². The third kappa shape index (κ3) is 2.00. The van der Waals surface area contributed by atoms with Crippen molar-refractivity contribution in [2.24, 2.45) is 0 Å². The summed E-state index contributed by atoms with van der Waals surface area (Å²) in [5, 5.41) is 0. The van der Waals surface area contributed by atoms with Gasteiger partial charge in [-0.05, 0) is 46.5 Å². The van der Waals surface area contributed by atoms with Crippen LogP contribution in [0.15, 0.2) is 40.6 Å². The lowest BCUT2D eigenvalue weighted by atomic mass is 10.1. The molecule has 0 heterocycles. The Balaban J connectivity index is 2.31. The van der Waals surface area contributed by atoms with Gasteiger partial charge in [-0.1, -0.05) is 12.1 Å². The molecule has 0 atom stereocenters. The summed E-state index contributed by atoms with van der Waals surface area (Å²) in [6.45, 7) is 0. The monoisotopic (exact) mass is 302 g/mol. The Hall–Kier alpha value is -1.52. The summed E-state index contributed by atoms with van der Waals surface area (Å²) in [5.74, 6) is 1.65. The Bertz CT molecular complexity index is 661. The van der Waals surface area contributed by atoms with Gasteiger partial charge in [0, 0.05) is 9.81 Å². The van der Waals surface area contributed by atoms with Gasteiger partial charge < -0.3 is 9.47 Å². The van der Waals surface area contributed by atoms with Crippen LogP contribution in [0.25, 0.3) is 16.7 Å². The molecule has 1 aliphatic rings. The Morgan fingerprint density at radius 2 is 1.20 bits per heavy atom. The number of rotatable bonds is 2. The molecule has 0 aliphatic heterocycles. The minimum absolute atomic E-state index is 0.687. The maximum atomic E-state index is 5.31. The molecule has 0 spiro atoms. The van der Waals surface area contributed by atoms with Crippen molar-refractivity contribution in [2.45, 2.75) is 0 Å². The second kappa shape index (κ2) is 5.11. The van der Waals surface area contributed by atoms with E-state index in [1.807, 2.05) is 24.3 Å². The zero-order valence-electron chi connectivity index (χ0n) is 11.2. The first-order chi connectivity index (χ1) is 9.65. The Morgan fingerprint density at radius 3 is 1.55 bits per heavy atom. The van der Waals surface area contributed by atoms with E-state index in [1.165, 1.54) is 11.1 Å². The van der Waals surface area contributed by atoms with Crippen LogP contribution in [0.1, 0.15) is 11.1 Å². The van der Waals surface area contributed by atoms with E-state index in [-0.39, 0.29) is 0 Å². The van der Waals surface area contributed by atoms with Gasteiger partial charge >= 0.3 is 0 Å². The molecular formula is C16H14O2S2. The SMILES string of the molecule is COc1ccc2c(c1)C(=C(S)S)c1cc(OC)ccc1-2. The molecule has 0 amide bonds. The number of hydrogen-bond acceptors (Lipinski definition) is 4. The minimum atomic E-state index is 0.687. The van der Waals surface area contributed by atoms with Gasteiger partial charge in [-0.2, -0.15) is 0 Å². The molecule has 1 aliphatic carbocycles. The van der Waals surface area contributed by atoms with Crippen molar-refractivity contribution in [1.82, 2.24) is 0 Å². The Kier molecular flexibility index (Phi) is 3.44. The number of hydrogen-bond donors (Lipinski definition) is 2. The first kappa shape index (κ1) is 13.5. The minimum Gasteiger partial charge on any atom is -0.497 e. The third-order valence-electron chi connectivity index (χ3n) is 3.51. The summed E-state index contributed by atoms with van der Waals surface area (Å²) in [6.07, 6.45) is 0. The zero-order valence-corrected chi connectivity index (χ0v) is 13.0. The molecule has 0 aromatic heterocycles. The van der Waals surface area contributed by atoms with Crippen molar-refractivity contribution in [1.29, 1.82) is 0 Å². The van der Waals surface area contributed by atoms with Gasteiger partial charge in [-0.3, -0.25) is 0 Å². The highest BCUT2D eigenvalue weighted by atomic mass is 32.2. The molecule has 20 heavy (non-hydrogen) atoms. The summed E-state index contributed by atoms with van der Waals surface area (Å²) >= 11 is 8.86. The predicted molar refractivity (Wildman–Crippen MR) is 89.0 cm³/mol. The second-order valence-corrected chi connectivity index (χ2v) is 5.77. The van der Waals surface area contributed by atoms with E-state index in [4.69, 9.17) is 9.47 Å². The highest BCUT2D eigenvalue weighted by Gasteiger charge is 2.25. The number of fused-ring (bicyclic) bond motifs is 3. The highest BCUT2D eigenvalue weighted by Crippen LogP contribution is 2.48. The molecule has 4 heteroatoms. The van der Waals surface area contributed by atoms with Crippen LogP contribution in [-0.2, 0) is 0 Å². The summed E-state index contributed by atoms with van der Waals surface area (Å²) in [4.78, 5) is 0. The first-order valence-corrected chi connectivity index (χ1v) is 7.04. The average Bonchev–Trinajstić information content (AvgIpc) is 2.79. The first-order valence-electron chi connectivity index (χ1n) is 6.15. The molecule has 0 radical (unpaired) electrons. The number of ether oxygens (including phenoxy) is 2. The number of methoxy groups -OCH3 is 2. The molecule has 2 aromatic rings. The second-order valence-electron chi connectivity index (χ2n) is 4.52. The molecule has 2 aromatic carbocycles. The van der Waals surface area contributed by atoms with Crippen LogP contribution in [0.5, 0.6) is 11.5 Å². The van der Waals surface area contributed by atoms with E-state index in [1.54, 1.807) is 14.2 Å². The molecule has 0 N–H and O–H groups in total. The summed E-state index contributed by atoms with van der Waals surface area (Å²) in [5.41, 5.74) is 5.53. The Morgan fingerprint density at radius 1 is 0.750 bits per heavy atom. The van der Waals surface area contributed by atoms with Crippen LogP contribution >= 0.6 is 25.3 Å². The quantitative estimate of drug-likeness (QED) is 0.689. The van der Waals surface area contributed by atoms with Crippen LogP contribution in [-0.4, -0.2) is 14.2 Å². The van der Waals surface area contributed by atoms with Crippen molar-refractivity contribution in [3.63, 3.8) is 0 Å². The lowest BCUT2D eigenvalue weighted by molar-refractivity contribution is 0.414. The van der Waals surface area contributed by atoms with E-state index in [2.05, 4.69) is 37.4 Å². The summed E-state index contributed by atoms with van der Waals surface area (Å²) < 4.78 is 11.3. The molecular weight excluding hydrogens is 288 g/mol. The van der Waals surface area contributed by atoms with Gasteiger partial charge in [0.2, 0.25) is 0 Å². The smallest absolute Gasteiger partial charge is 0.119 e. The largest absolute Gasteiger partial charge is 0.497 e. The maximum absolute atomic E-state index is 5.31. The summed E-state index contributed by atoms with van der Waals surface area (Å²) in [7, 11) is 3.33.